The molecule has 0 N–H and O–H groups in total. The van der Waals surface area contributed by atoms with Gasteiger partial charge in [0, 0.05) is 14.7 Å². The summed E-state index contributed by atoms with van der Waals surface area (Å²) in [5, 5.41) is 2.17. The fraction of sp³-hybridized carbons (Fsp3) is 0.714. The van der Waals surface area contributed by atoms with Gasteiger partial charge in [-0.05, 0) is 77.8 Å². The van der Waals surface area contributed by atoms with Crippen LogP contribution in [0, 0.1) is 0 Å². The maximum atomic E-state index is 7.00. The van der Waals surface area contributed by atoms with Crippen LogP contribution >= 0.6 is 27.3 Å². The summed E-state index contributed by atoms with van der Waals surface area (Å²) in [7, 11) is -1.57. The Morgan fingerprint density at radius 2 is 1.72 bits per heavy atom. The second-order valence-corrected chi connectivity index (χ2v) is 13.5. The lowest BCUT2D eigenvalue weighted by atomic mass is 9.91. The topological polar surface area (TPSA) is 9.23 Å². The molecule has 25 heavy (non-hydrogen) atoms. The smallest absolute Gasteiger partial charge is 0.192 e. The highest BCUT2D eigenvalue weighted by Gasteiger charge is 2.38. The number of allylic oxidation sites excluding steroid dienone is 2. The van der Waals surface area contributed by atoms with Gasteiger partial charge in [0.25, 0.3) is 0 Å². The van der Waals surface area contributed by atoms with Crippen LogP contribution in [-0.4, -0.2) is 13.9 Å². The van der Waals surface area contributed by atoms with Gasteiger partial charge in [0.15, 0.2) is 8.32 Å². The third kappa shape index (κ3) is 6.33. The largest absolute Gasteiger partial charge is 0.411 e. The molecule has 4 heteroatoms. The number of hydrogen-bond donors (Lipinski definition) is 0. The molecule has 0 aromatic carbocycles. The minimum atomic E-state index is -1.57. The number of hydrogen-bond acceptors (Lipinski definition) is 2. The van der Waals surface area contributed by atoms with E-state index in [4.69, 9.17) is 4.43 Å². The molecule has 0 radical (unpaired) electrons. The molecular weight excluding hydrogens is 408 g/mol. The van der Waals surface area contributed by atoms with Gasteiger partial charge in [-0.3, -0.25) is 0 Å². The van der Waals surface area contributed by atoms with Gasteiger partial charge in [0.1, 0.15) is 0 Å². The summed E-state index contributed by atoms with van der Waals surface area (Å²) < 4.78 is 8.19. The molecule has 0 fully saturated rings. The molecule has 1 aromatic heterocycles. The van der Waals surface area contributed by atoms with Crippen LogP contribution in [0.4, 0.5) is 0 Å². The van der Waals surface area contributed by atoms with Gasteiger partial charge in [-0.25, -0.2) is 0 Å². The van der Waals surface area contributed by atoms with Crippen LogP contribution in [0.1, 0.15) is 78.5 Å². The number of thiophene rings is 1. The van der Waals surface area contributed by atoms with Crippen LogP contribution in [0.2, 0.25) is 18.1 Å². The molecule has 0 bridgehead atoms. The molecule has 0 spiro atoms. The van der Waals surface area contributed by atoms with Crippen molar-refractivity contribution in [1.29, 1.82) is 0 Å². The molecule has 0 aliphatic rings. The van der Waals surface area contributed by atoms with E-state index in [-0.39, 0.29) is 5.60 Å². The molecule has 144 valence electrons. The van der Waals surface area contributed by atoms with Gasteiger partial charge in [-0.2, -0.15) is 0 Å². The van der Waals surface area contributed by atoms with Gasteiger partial charge in [-0.1, -0.05) is 47.6 Å². The first-order valence-corrected chi connectivity index (χ1v) is 14.3. The van der Waals surface area contributed by atoms with Crippen molar-refractivity contribution in [2.75, 3.05) is 0 Å². The van der Waals surface area contributed by atoms with E-state index in [0.29, 0.717) is 0 Å². The summed E-state index contributed by atoms with van der Waals surface area (Å²) in [5.41, 5.74) is 1.54. The second-order valence-electron chi connectivity index (χ2n) is 6.99. The van der Waals surface area contributed by atoms with Crippen LogP contribution < -0.4 is 0 Å². The molecule has 1 aromatic rings. The van der Waals surface area contributed by atoms with Crippen molar-refractivity contribution in [2.45, 2.75) is 97.4 Å². The van der Waals surface area contributed by atoms with E-state index < -0.39 is 8.32 Å². The fourth-order valence-electron chi connectivity index (χ4n) is 3.63. The highest BCUT2D eigenvalue weighted by molar-refractivity contribution is 9.10. The van der Waals surface area contributed by atoms with Crippen molar-refractivity contribution in [2.24, 2.45) is 0 Å². The van der Waals surface area contributed by atoms with Gasteiger partial charge in [0.05, 0.1) is 5.60 Å². The summed E-state index contributed by atoms with van der Waals surface area (Å²) in [6, 6.07) is 5.95. The molecule has 0 saturated heterocycles. The van der Waals surface area contributed by atoms with Gasteiger partial charge >= 0.3 is 0 Å². The zero-order valence-corrected chi connectivity index (χ0v) is 20.5. The van der Waals surface area contributed by atoms with E-state index in [1.54, 1.807) is 0 Å². The van der Waals surface area contributed by atoms with Crippen molar-refractivity contribution < 1.29 is 4.43 Å². The SMILES string of the molecule is CC/C(=C\CCC(CC)(CC)O[Si](CC)(CC)CC)c1cc(Br)cs1. The minimum Gasteiger partial charge on any atom is -0.411 e. The fourth-order valence-corrected chi connectivity index (χ4v) is 8.42. The summed E-state index contributed by atoms with van der Waals surface area (Å²) in [4.78, 5) is 1.40. The van der Waals surface area contributed by atoms with E-state index >= 15 is 0 Å². The Labute approximate surface area is 169 Å². The molecule has 0 unspecified atom stereocenters. The highest BCUT2D eigenvalue weighted by Crippen LogP contribution is 2.36. The predicted molar refractivity (Wildman–Crippen MR) is 121 cm³/mol. The average molecular weight is 446 g/mol. The number of rotatable bonds is 12. The Morgan fingerprint density at radius 3 is 2.12 bits per heavy atom. The van der Waals surface area contributed by atoms with E-state index in [0.717, 1.165) is 32.1 Å². The van der Waals surface area contributed by atoms with Gasteiger partial charge < -0.3 is 4.43 Å². The zero-order valence-electron chi connectivity index (χ0n) is 17.1. The Hall–Kier alpha value is 0.0969. The summed E-state index contributed by atoms with van der Waals surface area (Å²) in [5.74, 6) is 0. The number of halogens is 1. The molecule has 0 aliphatic carbocycles. The molecule has 0 aliphatic heterocycles. The summed E-state index contributed by atoms with van der Waals surface area (Å²) >= 11 is 5.41. The normalized spacial score (nSPS) is 13.5. The highest BCUT2D eigenvalue weighted by atomic mass is 79.9. The first-order chi connectivity index (χ1) is 11.9. The lowest BCUT2D eigenvalue weighted by Crippen LogP contribution is -2.46. The van der Waals surface area contributed by atoms with Crippen LogP contribution in [0.25, 0.3) is 5.57 Å². The lowest BCUT2D eigenvalue weighted by molar-refractivity contribution is 0.0397. The summed E-state index contributed by atoms with van der Waals surface area (Å²) in [6.07, 6.45) is 8.05. The second kappa shape index (κ2) is 11.1. The molecule has 1 rings (SSSR count). The van der Waals surface area contributed by atoms with E-state index in [1.807, 2.05) is 11.3 Å². The third-order valence-corrected chi connectivity index (χ3v) is 12.4. The van der Waals surface area contributed by atoms with Crippen LogP contribution in [0.5, 0.6) is 0 Å². The Morgan fingerprint density at radius 1 is 1.12 bits per heavy atom. The molecular formula is C21H37BrOSSi. The van der Waals surface area contributed by atoms with Crippen molar-refractivity contribution in [3.05, 3.63) is 26.9 Å². The first kappa shape index (κ1) is 23.1. The van der Waals surface area contributed by atoms with Crippen LogP contribution in [0.3, 0.4) is 0 Å². The minimum absolute atomic E-state index is 0.0691. The lowest BCUT2D eigenvalue weighted by Gasteiger charge is -2.42. The van der Waals surface area contributed by atoms with E-state index in [9.17, 15) is 0 Å². The maximum Gasteiger partial charge on any atom is 0.192 e. The van der Waals surface area contributed by atoms with E-state index in [1.165, 1.54) is 33.1 Å². The standard InChI is InChI=1S/C21H37BrOSSi/c1-7-18(20-16-19(22)17-24-20)14-13-15-21(8-2,9-3)23-25(10-4,11-5)12-6/h14,16-17H,7-13,15H2,1-6H3/b18-14+. The molecule has 0 atom stereocenters. The van der Waals surface area contributed by atoms with Crippen molar-refractivity contribution in [1.82, 2.24) is 0 Å². The maximum absolute atomic E-state index is 7.00. The van der Waals surface area contributed by atoms with Crippen LogP contribution in [-0.2, 0) is 4.43 Å². The predicted octanol–water partition coefficient (Wildman–Crippen LogP) is 8.66. The van der Waals surface area contributed by atoms with Crippen LogP contribution in [0.15, 0.2) is 22.0 Å². The van der Waals surface area contributed by atoms with Gasteiger partial charge in [0.2, 0.25) is 0 Å². The van der Waals surface area contributed by atoms with Crippen molar-refractivity contribution >= 4 is 41.2 Å². The summed E-state index contributed by atoms with van der Waals surface area (Å²) in [6.45, 7) is 13.9. The Balaban J connectivity index is 2.88. The third-order valence-electron chi connectivity index (χ3n) is 5.91. The zero-order chi connectivity index (χ0) is 18.9. The quantitative estimate of drug-likeness (QED) is 0.292. The molecule has 0 saturated carbocycles. The Kier molecular flexibility index (Phi) is 10.2. The molecule has 0 amide bonds. The average Bonchev–Trinajstić information content (AvgIpc) is 3.08. The Bertz CT molecular complexity index is 521. The van der Waals surface area contributed by atoms with Crippen molar-refractivity contribution in [3.63, 3.8) is 0 Å². The molecule has 1 heterocycles. The molecule has 1 nitrogen and oxygen atoms in total. The first-order valence-electron chi connectivity index (χ1n) is 10.1. The van der Waals surface area contributed by atoms with Gasteiger partial charge in [-0.15, -0.1) is 11.3 Å². The van der Waals surface area contributed by atoms with E-state index in [2.05, 4.69) is 75.0 Å². The monoisotopic (exact) mass is 444 g/mol. The van der Waals surface area contributed by atoms with Crippen molar-refractivity contribution in [3.8, 4) is 0 Å².